The van der Waals surface area contributed by atoms with Gasteiger partial charge in [0.15, 0.2) is 0 Å². The van der Waals surface area contributed by atoms with Crippen LogP contribution in [0.25, 0.3) is 0 Å². The SMILES string of the molecule is CCC[C@H](N)CSc1ccc(Br)cc1. The topological polar surface area (TPSA) is 26.0 Å². The van der Waals surface area contributed by atoms with Crippen molar-refractivity contribution < 1.29 is 0 Å². The first kappa shape index (κ1) is 12.1. The zero-order chi connectivity index (χ0) is 10.4. The van der Waals surface area contributed by atoms with Crippen LogP contribution in [0.2, 0.25) is 0 Å². The van der Waals surface area contributed by atoms with Crippen molar-refractivity contribution >= 4 is 27.7 Å². The van der Waals surface area contributed by atoms with E-state index in [1.807, 2.05) is 11.8 Å². The van der Waals surface area contributed by atoms with Crippen LogP contribution < -0.4 is 5.73 Å². The first-order valence-corrected chi connectivity index (χ1v) is 6.64. The van der Waals surface area contributed by atoms with Gasteiger partial charge in [-0.25, -0.2) is 0 Å². The van der Waals surface area contributed by atoms with Gasteiger partial charge >= 0.3 is 0 Å². The van der Waals surface area contributed by atoms with E-state index < -0.39 is 0 Å². The van der Waals surface area contributed by atoms with E-state index in [9.17, 15) is 0 Å². The standard InChI is InChI=1S/C11H16BrNS/c1-2-3-10(13)8-14-11-6-4-9(12)5-7-11/h4-7,10H,2-3,8,13H2,1H3/t10-/m0/s1. The van der Waals surface area contributed by atoms with Crippen LogP contribution >= 0.6 is 27.7 Å². The highest BCUT2D eigenvalue weighted by Gasteiger charge is 2.01. The van der Waals surface area contributed by atoms with E-state index in [-0.39, 0.29) is 0 Å². The molecule has 14 heavy (non-hydrogen) atoms. The fraction of sp³-hybridized carbons (Fsp3) is 0.455. The summed E-state index contributed by atoms with van der Waals surface area (Å²) in [4.78, 5) is 1.29. The fourth-order valence-electron chi connectivity index (χ4n) is 1.19. The number of rotatable bonds is 5. The van der Waals surface area contributed by atoms with Gasteiger partial charge in [-0.3, -0.25) is 0 Å². The van der Waals surface area contributed by atoms with E-state index in [1.54, 1.807) is 0 Å². The molecule has 2 N–H and O–H groups in total. The second kappa shape index (κ2) is 6.49. The predicted molar refractivity (Wildman–Crippen MR) is 67.7 cm³/mol. The first-order valence-electron chi connectivity index (χ1n) is 4.86. The summed E-state index contributed by atoms with van der Waals surface area (Å²) in [5.41, 5.74) is 5.93. The molecule has 0 aliphatic rings. The van der Waals surface area contributed by atoms with Crippen molar-refractivity contribution in [1.82, 2.24) is 0 Å². The summed E-state index contributed by atoms with van der Waals surface area (Å²) in [5, 5.41) is 0. The minimum absolute atomic E-state index is 0.327. The van der Waals surface area contributed by atoms with E-state index >= 15 is 0 Å². The Labute approximate surface area is 98.6 Å². The summed E-state index contributed by atoms with van der Waals surface area (Å²) in [5.74, 6) is 1.01. The van der Waals surface area contributed by atoms with Crippen LogP contribution in [-0.4, -0.2) is 11.8 Å². The van der Waals surface area contributed by atoms with Gasteiger partial charge in [0.2, 0.25) is 0 Å². The zero-order valence-electron chi connectivity index (χ0n) is 8.37. The molecule has 0 amide bonds. The van der Waals surface area contributed by atoms with Gasteiger partial charge in [0, 0.05) is 21.2 Å². The number of hydrogen-bond acceptors (Lipinski definition) is 2. The lowest BCUT2D eigenvalue weighted by molar-refractivity contribution is 0.661. The second-order valence-electron chi connectivity index (χ2n) is 3.31. The van der Waals surface area contributed by atoms with Crippen LogP contribution in [0.15, 0.2) is 33.6 Å². The van der Waals surface area contributed by atoms with Crippen LogP contribution in [0.1, 0.15) is 19.8 Å². The van der Waals surface area contributed by atoms with Crippen LogP contribution in [-0.2, 0) is 0 Å². The Kier molecular flexibility index (Phi) is 5.60. The summed E-state index contributed by atoms with van der Waals surface area (Å²) >= 11 is 5.25. The van der Waals surface area contributed by atoms with Gasteiger partial charge in [0.1, 0.15) is 0 Å². The number of halogens is 1. The highest BCUT2D eigenvalue weighted by atomic mass is 79.9. The maximum absolute atomic E-state index is 5.93. The van der Waals surface area contributed by atoms with Crippen molar-refractivity contribution in [3.63, 3.8) is 0 Å². The van der Waals surface area contributed by atoms with Crippen LogP contribution in [0, 0.1) is 0 Å². The van der Waals surface area contributed by atoms with Gasteiger partial charge < -0.3 is 5.73 Å². The third-order valence-electron chi connectivity index (χ3n) is 1.94. The predicted octanol–water partition coefficient (Wildman–Crippen LogP) is 3.67. The normalized spacial score (nSPS) is 12.8. The molecule has 0 saturated carbocycles. The summed E-state index contributed by atoms with van der Waals surface area (Å²) in [7, 11) is 0. The quantitative estimate of drug-likeness (QED) is 0.829. The maximum atomic E-state index is 5.93. The average molecular weight is 274 g/mol. The first-order chi connectivity index (χ1) is 6.72. The molecule has 3 heteroatoms. The highest BCUT2D eigenvalue weighted by molar-refractivity contribution is 9.10. The second-order valence-corrected chi connectivity index (χ2v) is 5.32. The molecular weight excluding hydrogens is 258 g/mol. The number of benzene rings is 1. The van der Waals surface area contributed by atoms with E-state index in [4.69, 9.17) is 5.73 Å². The highest BCUT2D eigenvalue weighted by Crippen LogP contribution is 2.21. The lowest BCUT2D eigenvalue weighted by Crippen LogP contribution is -2.22. The molecule has 1 atom stereocenters. The Bertz CT molecular complexity index is 260. The van der Waals surface area contributed by atoms with Crippen LogP contribution in [0.4, 0.5) is 0 Å². The largest absolute Gasteiger partial charge is 0.327 e. The monoisotopic (exact) mass is 273 g/mol. The fourth-order valence-corrected chi connectivity index (χ4v) is 2.35. The van der Waals surface area contributed by atoms with E-state index in [0.29, 0.717) is 6.04 Å². The van der Waals surface area contributed by atoms with Crippen LogP contribution in [0.3, 0.4) is 0 Å². The molecular formula is C11H16BrNS. The summed E-state index contributed by atoms with van der Waals surface area (Å²) < 4.78 is 1.12. The molecule has 0 aliphatic carbocycles. The zero-order valence-corrected chi connectivity index (χ0v) is 10.8. The van der Waals surface area contributed by atoms with Gasteiger partial charge in [-0.05, 0) is 30.7 Å². The molecule has 0 aliphatic heterocycles. The molecule has 1 rings (SSSR count). The molecule has 0 radical (unpaired) electrons. The molecule has 1 nitrogen and oxygen atoms in total. The molecule has 1 aromatic rings. The Morgan fingerprint density at radius 2 is 2.00 bits per heavy atom. The third-order valence-corrected chi connectivity index (χ3v) is 3.67. The minimum Gasteiger partial charge on any atom is -0.327 e. The molecule has 0 spiro atoms. The number of nitrogens with two attached hydrogens (primary N) is 1. The van der Waals surface area contributed by atoms with Crippen molar-refractivity contribution in [3.05, 3.63) is 28.7 Å². The Morgan fingerprint density at radius 3 is 2.57 bits per heavy atom. The average Bonchev–Trinajstić information content (AvgIpc) is 2.17. The smallest absolute Gasteiger partial charge is 0.0176 e. The summed E-state index contributed by atoms with van der Waals surface area (Å²) in [6.45, 7) is 2.17. The van der Waals surface area contributed by atoms with Gasteiger partial charge in [-0.2, -0.15) is 0 Å². The molecule has 0 bridgehead atoms. The maximum Gasteiger partial charge on any atom is 0.0176 e. The van der Waals surface area contributed by atoms with Gasteiger partial charge in [-0.15, -0.1) is 11.8 Å². The Hall–Kier alpha value is 0.01000. The van der Waals surface area contributed by atoms with E-state index in [2.05, 4.69) is 47.1 Å². The number of hydrogen-bond donors (Lipinski definition) is 1. The van der Waals surface area contributed by atoms with E-state index in [1.165, 1.54) is 11.3 Å². The third kappa shape index (κ3) is 4.49. The molecule has 0 saturated heterocycles. The molecule has 0 aromatic heterocycles. The Morgan fingerprint density at radius 1 is 1.36 bits per heavy atom. The molecule has 78 valence electrons. The minimum atomic E-state index is 0.327. The van der Waals surface area contributed by atoms with Gasteiger partial charge in [-0.1, -0.05) is 29.3 Å². The van der Waals surface area contributed by atoms with Crippen molar-refractivity contribution in [2.75, 3.05) is 5.75 Å². The van der Waals surface area contributed by atoms with Gasteiger partial charge in [0.05, 0.1) is 0 Å². The summed E-state index contributed by atoms with van der Waals surface area (Å²) in [6, 6.07) is 8.69. The number of thioether (sulfide) groups is 1. The molecule has 0 unspecified atom stereocenters. The lowest BCUT2D eigenvalue weighted by Gasteiger charge is -2.09. The van der Waals surface area contributed by atoms with Crippen molar-refractivity contribution in [2.45, 2.75) is 30.7 Å². The molecule has 1 aromatic carbocycles. The van der Waals surface area contributed by atoms with E-state index in [0.717, 1.165) is 16.6 Å². The lowest BCUT2D eigenvalue weighted by atomic mass is 10.2. The van der Waals surface area contributed by atoms with Crippen molar-refractivity contribution in [3.8, 4) is 0 Å². The van der Waals surface area contributed by atoms with Crippen molar-refractivity contribution in [1.29, 1.82) is 0 Å². The van der Waals surface area contributed by atoms with Crippen LogP contribution in [0.5, 0.6) is 0 Å². The Balaban J connectivity index is 2.34. The summed E-state index contributed by atoms with van der Waals surface area (Å²) in [6.07, 6.45) is 2.28. The van der Waals surface area contributed by atoms with Crippen molar-refractivity contribution in [2.24, 2.45) is 5.73 Å². The molecule has 0 heterocycles. The molecule has 0 fully saturated rings. The van der Waals surface area contributed by atoms with Gasteiger partial charge in [0.25, 0.3) is 0 Å².